The lowest BCUT2D eigenvalue weighted by Gasteiger charge is -2.30. The molecule has 0 bridgehead atoms. The Morgan fingerprint density at radius 3 is 2.76 bits per heavy atom. The molecular formula is C17H22N2O2. The molecule has 3 rings (SSSR count). The second kappa shape index (κ2) is 6.31. The molecule has 0 aliphatic heterocycles. The van der Waals surface area contributed by atoms with E-state index in [4.69, 9.17) is 0 Å². The highest BCUT2D eigenvalue weighted by Gasteiger charge is 2.24. The number of fused-ring (bicyclic) bond motifs is 1. The third-order valence-electron chi connectivity index (χ3n) is 4.58. The fourth-order valence-electron chi connectivity index (χ4n) is 3.32. The fraction of sp³-hybridized carbons (Fsp3) is 0.471. The quantitative estimate of drug-likeness (QED) is 0.808. The Hall–Kier alpha value is -1.81. The SMILES string of the molecule is OCC1CCCCC1CNc1nccc2ccc(O)cc12. The van der Waals surface area contributed by atoms with Crippen LogP contribution in [0.4, 0.5) is 5.82 Å². The number of anilines is 1. The van der Waals surface area contributed by atoms with Gasteiger partial charge >= 0.3 is 0 Å². The van der Waals surface area contributed by atoms with Gasteiger partial charge in [0.25, 0.3) is 0 Å². The number of aliphatic hydroxyl groups excluding tert-OH is 1. The summed E-state index contributed by atoms with van der Waals surface area (Å²) in [6.07, 6.45) is 6.53. The van der Waals surface area contributed by atoms with Crippen LogP contribution in [0, 0.1) is 11.8 Å². The molecule has 1 fully saturated rings. The van der Waals surface area contributed by atoms with E-state index in [9.17, 15) is 10.2 Å². The summed E-state index contributed by atoms with van der Waals surface area (Å²) in [5, 5.41) is 24.6. The Balaban J connectivity index is 1.77. The summed E-state index contributed by atoms with van der Waals surface area (Å²) in [7, 11) is 0. The molecule has 4 nitrogen and oxygen atoms in total. The van der Waals surface area contributed by atoms with Gasteiger partial charge < -0.3 is 15.5 Å². The van der Waals surface area contributed by atoms with Gasteiger partial charge in [0.2, 0.25) is 0 Å². The number of aromatic nitrogens is 1. The van der Waals surface area contributed by atoms with Crippen molar-refractivity contribution in [2.24, 2.45) is 11.8 Å². The van der Waals surface area contributed by atoms with E-state index in [0.717, 1.165) is 36.0 Å². The maximum atomic E-state index is 9.66. The van der Waals surface area contributed by atoms with E-state index in [-0.39, 0.29) is 12.4 Å². The first-order valence-corrected chi connectivity index (χ1v) is 7.70. The summed E-state index contributed by atoms with van der Waals surface area (Å²) in [6, 6.07) is 7.27. The number of nitrogens with one attached hydrogen (secondary N) is 1. The van der Waals surface area contributed by atoms with E-state index in [1.165, 1.54) is 12.8 Å². The molecule has 1 aromatic carbocycles. The van der Waals surface area contributed by atoms with Crippen LogP contribution in [0.2, 0.25) is 0 Å². The van der Waals surface area contributed by atoms with Crippen molar-refractivity contribution in [1.29, 1.82) is 0 Å². The summed E-state index contributed by atoms with van der Waals surface area (Å²) in [5.74, 6) is 1.96. The zero-order valence-corrected chi connectivity index (χ0v) is 12.1. The van der Waals surface area contributed by atoms with Crippen molar-refractivity contribution in [1.82, 2.24) is 4.98 Å². The molecule has 2 atom stereocenters. The Kier molecular flexibility index (Phi) is 4.25. The van der Waals surface area contributed by atoms with E-state index in [0.29, 0.717) is 11.8 Å². The molecule has 4 heteroatoms. The molecule has 0 spiro atoms. The van der Waals surface area contributed by atoms with Crippen molar-refractivity contribution >= 4 is 16.6 Å². The second-order valence-electron chi connectivity index (χ2n) is 5.93. The van der Waals surface area contributed by atoms with Crippen LogP contribution in [-0.4, -0.2) is 28.3 Å². The third-order valence-corrected chi connectivity index (χ3v) is 4.58. The molecule has 0 saturated heterocycles. The first-order valence-electron chi connectivity index (χ1n) is 7.70. The van der Waals surface area contributed by atoms with Crippen LogP contribution in [0.1, 0.15) is 25.7 Å². The van der Waals surface area contributed by atoms with Crippen molar-refractivity contribution in [2.45, 2.75) is 25.7 Å². The van der Waals surface area contributed by atoms with Gasteiger partial charge in [-0.2, -0.15) is 0 Å². The Bertz CT molecular complexity index is 615. The Morgan fingerprint density at radius 2 is 1.95 bits per heavy atom. The summed E-state index contributed by atoms with van der Waals surface area (Å²) in [5.41, 5.74) is 0. The number of hydrogen-bond donors (Lipinski definition) is 3. The molecule has 0 radical (unpaired) electrons. The predicted octanol–water partition coefficient (Wildman–Crippen LogP) is 3.15. The molecule has 112 valence electrons. The minimum atomic E-state index is 0.254. The van der Waals surface area contributed by atoms with Crippen LogP contribution >= 0.6 is 0 Å². The Labute approximate surface area is 124 Å². The van der Waals surface area contributed by atoms with Gasteiger partial charge in [0.05, 0.1) is 0 Å². The molecular weight excluding hydrogens is 264 g/mol. The molecule has 21 heavy (non-hydrogen) atoms. The lowest BCUT2D eigenvalue weighted by molar-refractivity contribution is 0.141. The van der Waals surface area contributed by atoms with E-state index in [1.807, 2.05) is 12.1 Å². The molecule has 3 N–H and O–H groups in total. The van der Waals surface area contributed by atoms with Gasteiger partial charge in [-0.1, -0.05) is 18.9 Å². The van der Waals surface area contributed by atoms with E-state index < -0.39 is 0 Å². The molecule has 2 aromatic rings. The molecule has 1 aliphatic rings. The average molecular weight is 286 g/mol. The van der Waals surface area contributed by atoms with Crippen molar-refractivity contribution in [3.63, 3.8) is 0 Å². The summed E-state index contributed by atoms with van der Waals surface area (Å²) in [4.78, 5) is 4.40. The third kappa shape index (κ3) is 3.10. The maximum absolute atomic E-state index is 9.66. The minimum absolute atomic E-state index is 0.254. The molecule has 2 unspecified atom stereocenters. The van der Waals surface area contributed by atoms with Gasteiger partial charge in [-0.3, -0.25) is 0 Å². The van der Waals surface area contributed by atoms with Gasteiger partial charge in [0, 0.05) is 24.7 Å². The van der Waals surface area contributed by atoms with Crippen LogP contribution in [0.15, 0.2) is 30.5 Å². The fourth-order valence-corrected chi connectivity index (χ4v) is 3.32. The molecule has 1 heterocycles. The Morgan fingerprint density at radius 1 is 1.14 bits per heavy atom. The zero-order valence-electron chi connectivity index (χ0n) is 12.1. The van der Waals surface area contributed by atoms with Gasteiger partial charge in [0.15, 0.2) is 0 Å². The highest BCUT2D eigenvalue weighted by Crippen LogP contribution is 2.31. The number of phenols is 1. The average Bonchev–Trinajstić information content (AvgIpc) is 2.53. The number of nitrogens with zero attached hydrogens (tertiary/aromatic N) is 1. The van der Waals surface area contributed by atoms with E-state index in [2.05, 4.69) is 10.3 Å². The lowest BCUT2D eigenvalue weighted by atomic mass is 9.79. The van der Waals surface area contributed by atoms with Gasteiger partial charge in [-0.15, -0.1) is 0 Å². The predicted molar refractivity (Wildman–Crippen MR) is 84.4 cm³/mol. The molecule has 0 amide bonds. The first-order chi connectivity index (χ1) is 10.3. The van der Waals surface area contributed by atoms with E-state index in [1.54, 1.807) is 18.3 Å². The number of rotatable bonds is 4. The van der Waals surface area contributed by atoms with Crippen LogP contribution in [0.25, 0.3) is 10.8 Å². The molecule has 1 aromatic heterocycles. The smallest absolute Gasteiger partial charge is 0.133 e. The lowest BCUT2D eigenvalue weighted by Crippen LogP contribution is -2.28. The number of pyridine rings is 1. The summed E-state index contributed by atoms with van der Waals surface area (Å²) >= 11 is 0. The number of aromatic hydroxyl groups is 1. The summed E-state index contributed by atoms with van der Waals surface area (Å²) in [6.45, 7) is 1.10. The summed E-state index contributed by atoms with van der Waals surface area (Å²) < 4.78 is 0. The van der Waals surface area contributed by atoms with Crippen LogP contribution in [-0.2, 0) is 0 Å². The van der Waals surface area contributed by atoms with Gasteiger partial charge in [-0.05, 0) is 48.3 Å². The standard InChI is InChI=1S/C17H22N2O2/c20-11-14-4-2-1-3-13(14)10-19-17-16-9-15(21)6-5-12(16)7-8-18-17/h5-9,13-14,20-21H,1-4,10-11H2,(H,18,19). The van der Waals surface area contributed by atoms with Gasteiger partial charge in [-0.25, -0.2) is 4.98 Å². The topological polar surface area (TPSA) is 65.4 Å². The largest absolute Gasteiger partial charge is 0.508 e. The number of benzene rings is 1. The van der Waals surface area contributed by atoms with Crippen LogP contribution in [0.3, 0.4) is 0 Å². The minimum Gasteiger partial charge on any atom is -0.508 e. The van der Waals surface area contributed by atoms with Crippen molar-refractivity contribution in [3.05, 3.63) is 30.5 Å². The van der Waals surface area contributed by atoms with Crippen molar-refractivity contribution < 1.29 is 10.2 Å². The first kappa shape index (κ1) is 14.1. The van der Waals surface area contributed by atoms with Crippen LogP contribution < -0.4 is 5.32 Å². The highest BCUT2D eigenvalue weighted by atomic mass is 16.3. The van der Waals surface area contributed by atoms with Crippen molar-refractivity contribution in [2.75, 3.05) is 18.5 Å². The normalized spacial score (nSPS) is 22.3. The molecule has 1 aliphatic carbocycles. The number of hydrogen-bond acceptors (Lipinski definition) is 4. The second-order valence-corrected chi connectivity index (χ2v) is 5.93. The van der Waals surface area contributed by atoms with Crippen LogP contribution in [0.5, 0.6) is 5.75 Å². The zero-order chi connectivity index (χ0) is 14.7. The van der Waals surface area contributed by atoms with E-state index >= 15 is 0 Å². The van der Waals surface area contributed by atoms with Crippen molar-refractivity contribution in [3.8, 4) is 5.75 Å². The molecule has 1 saturated carbocycles. The van der Waals surface area contributed by atoms with Gasteiger partial charge in [0.1, 0.15) is 11.6 Å². The number of phenolic OH excluding ortho intramolecular Hbond substituents is 1. The monoisotopic (exact) mass is 286 g/mol. The highest BCUT2D eigenvalue weighted by molar-refractivity contribution is 5.92. The number of aliphatic hydroxyl groups is 1. The maximum Gasteiger partial charge on any atom is 0.133 e.